The highest BCUT2D eigenvalue weighted by molar-refractivity contribution is 6.30. The first kappa shape index (κ1) is 18.0. The molecule has 4 rings (SSSR count). The minimum Gasteiger partial charge on any atom is -0.463 e. The van der Waals surface area contributed by atoms with E-state index in [1.165, 1.54) is 10.2 Å². The second-order valence-electron chi connectivity index (χ2n) is 6.70. The van der Waals surface area contributed by atoms with Crippen LogP contribution in [0.4, 0.5) is 0 Å². The summed E-state index contributed by atoms with van der Waals surface area (Å²) in [7, 11) is 0. The topological polar surface area (TPSA) is 54.5 Å². The Morgan fingerprint density at radius 2 is 1.81 bits per heavy atom. The van der Waals surface area contributed by atoms with Gasteiger partial charge in [-0.25, -0.2) is 4.68 Å². The van der Waals surface area contributed by atoms with Gasteiger partial charge in [-0.3, -0.25) is 14.6 Å². The molecule has 6 nitrogen and oxygen atoms in total. The Morgan fingerprint density at radius 1 is 1.00 bits per heavy atom. The van der Waals surface area contributed by atoms with E-state index in [0.29, 0.717) is 18.1 Å². The fourth-order valence-electron chi connectivity index (χ4n) is 3.28. The lowest BCUT2D eigenvalue weighted by molar-refractivity contribution is 0.0970. The maximum Gasteiger partial charge on any atom is 0.268 e. The number of aromatic nitrogens is 2. The fourth-order valence-corrected chi connectivity index (χ4v) is 3.49. The Morgan fingerprint density at radius 3 is 2.56 bits per heavy atom. The lowest BCUT2D eigenvalue weighted by Gasteiger charge is -2.34. The Labute approximate surface area is 162 Å². The fraction of sp³-hybridized carbons (Fsp3) is 0.300. The van der Waals surface area contributed by atoms with Crippen molar-refractivity contribution >= 4 is 11.6 Å². The van der Waals surface area contributed by atoms with E-state index in [2.05, 4.69) is 21.0 Å². The summed E-state index contributed by atoms with van der Waals surface area (Å²) in [5.74, 6) is 0.662. The third kappa shape index (κ3) is 4.47. The SMILES string of the molecule is O=c1ccc(-c2ccco2)nn1CN1CCN(Cc2cccc(Cl)c2)CC1. The Bertz CT molecular complexity index is 947. The summed E-state index contributed by atoms with van der Waals surface area (Å²) in [5, 5.41) is 5.22. The smallest absolute Gasteiger partial charge is 0.268 e. The van der Waals surface area contributed by atoms with Crippen LogP contribution in [-0.4, -0.2) is 45.8 Å². The number of rotatable bonds is 5. The Hall–Kier alpha value is -2.41. The summed E-state index contributed by atoms with van der Waals surface area (Å²) in [6.07, 6.45) is 1.60. The number of furan rings is 1. The van der Waals surface area contributed by atoms with E-state index in [1.807, 2.05) is 30.3 Å². The van der Waals surface area contributed by atoms with Gasteiger partial charge in [-0.1, -0.05) is 23.7 Å². The van der Waals surface area contributed by atoms with Crippen molar-refractivity contribution in [3.05, 3.63) is 75.7 Å². The molecule has 1 aromatic carbocycles. The molecule has 0 atom stereocenters. The highest BCUT2D eigenvalue weighted by Gasteiger charge is 2.18. The Kier molecular flexibility index (Phi) is 5.38. The summed E-state index contributed by atoms with van der Waals surface area (Å²) in [6, 6.07) is 14.9. The standard InChI is InChI=1S/C20H21ClN4O2/c21-17-4-1-3-16(13-17)14-23-8-10-24(11-9-23)15-25-20(26)7-6-18(22-25)19-5-2-12-27-19/h1-7,12-13H,8-11,14-15H2. The molecule has 0 amide bonds. The van der Waals surface area contributed by atoms with Crippen molar-refractivity contribution in [1.82, 2.24) is 19.6 Å². The number of piperazine rings is 1. The van der Waals surface area contributed by atoms with Crippen molar-refractivity contribution in [3.63, 3.8) is 0 Å². The highest BCUT2D eigenvalue weighted by Crippen LogP contribution is 2.16. The molecule has 0 N–H and O–H groups in total. The Balaban J connectivity index is 1.37. The molecule has 7 heteroatoms. The van der Waals surface area contributed by atoms with Gasteiger partial charge >= 0.3 is 0 Å². The summed E-state index contributed by atoms with van der Waals surface area (Å²) in [5.41, 5.74) is 1.78. The maximum absolute atomic E-state index is 12.2. The molecule has 1 aliphatic rings. The number of benzene rings is 1. The highest BCUT2D eigenvalue weighted by atomic mass is 35.5. The first-order valence-electron chi connectivity index (χ1n) is 8.98. The van der Waals surface area contributed by atoms with Gasteiger partial charge in [-0.05, 0) is 35.9 Å². The summed E-state index contributed by atoms with van der Waals surface area (Å²) < 4.78 is 6.88. The van der Waals surface area contributed by atoms with Gasteiger partial charge in [0.2, 0.25) is 0 Å². The third-order valence-electron chi connectivity index (χ3n) is 4.73. The van der Waals surface area contributed by atoms with Crippen molar-refractivity contribution in [2.24, 2.45) is 0 Å². The van der Waals surface area contributed by atoms with Crippen LogP contribution < -0.4 is 5.56 Å². The van der Waals surface area contributed by atoms with Crippen LogP contribution in [0.25, 0.3) is 11.5 Å². The van der Waals surface area contributed by atoms with Crippen LogP contribution in [0.15, 0.2) is 64.0 Å². The van der Waals surface area contributed by atoms with Gasteiger partial charge in [0.05, 0.1) is 12.9 Å². The van der Waals surface area contributed by atoms with Gasteiger partial charge in [0.15, 0.2) is 5.76 Å². The number of hydrogen-bond donors (Lipinski definition) is 0. The van der Waals surface area contributed by atoms with Crippen molar-refractivity contribution < 1.29 is 4.42 Å². The zero-order valence-electron chi connectivity index (χ0n) is 14.9. The predicted molar refractivity (Wildman–Crippen MR) is 105 cm³/mol. The first-order chi connectivity index (χ1) is 13.2. The van der Waals surface area contributed by atoms with Crippen LogP contribution in [0.3, 0.4) is 0 Å². The van der Waals surface area contributed by atoms with E-state index in [1.54, 1.807) is 18.4 Å². The minimum absolute atomic E-state index is 0.105. The number of hydrogen-bond acceptors (Lipinski definition) is 5. The van der Waals surface area contributed by atoms with Gasteiger partial charge in [0, 0.05) is 43.8 Å². The zero-order valence-corrected chi connectivity index (χ0v) is 15.7. The molecule has 0 spiro atoms. The molecule has 0 radical (unpaired) electrons. The quantitative estimate of drug-likeness (QED) is 0.677. The normalized spacial score (nSPS) is 15.9. The molecule has 3 heterocycles. The lowest BCUT2D eigenvalue weighted by Crippen LogP contribution is -2.47. The van der Waals surface area contributed by atoms with E-state index < -0.39 is 0 Å². The molecular weight excluding hydrogens is 364 g/mol. The molecule has 1 saturated heterocycles. The van der Waals surface area contributed by atoms with Crippen LogP contribution in [0.2, 0.25) is 5.02 Å². The van der Waals surface area contributed by atoms with Crippen LogP contribution in [0, 0.1) is 0 Å². The monoisotopic (exact) mass is 384 g/mol. The second-order valence-corrected chi connectivity index (χ2v) is 7.14. The van der Waals surface area contributed by atoms with Crippen LogP contribution >= 0.6 is 11.6 Å². The van der Waals surface area contributed by atoms with E-state index in [9.17, 15) is 4.79 Å². The summed E-state index contributed by atoms with van der Waals surface area (Å²) in [4.78, 5) is 16.8. The first-order valence-corrected chi connectivity index (χ1v) is 9.36. The third-order valence-corrected chi connectivity index (χ3v) is 4.97. The predicted octanol–water partition coefficient (Wildman–Crippen LogP) is 2.93. The molecule has 0 bridgehead atoms. The zero-order chi connectivity index (χ0) is 18.6. The summed E-state index contributed by atoms with van der Waals surface area (Å²) in [6.45, 7) is 5.04. The van der Waals surface area contributed by atoms with E-state index >= 15 is 0 Å². The van der Waals surface area contributed by atoms with Crippen molar-refractivity contribution in [2.45, 2.75) is 13.2 Å². The van der Waals surface area contributed by atoms with E-state index in [-0.39, 0.29) is 5.56 Å². The van der Waals surface area contributed by atoms with E-state index in [4.69, 9.17) is 16.0 Å². The average molecular weight is 385 g/mol. The molecule has 0 aliphatic carbocycles. The van der Waals surface area contributed by atoms with Crippen molar-refractivity contribution in [1.29, 1.82) is 0 Å². The molecule has 1 fully saturated rings. The molecule has 27 heavy (non-hydrogen) atoms. The minimum atomic E-state index is -0.105. The number of nitrogens with zero attached hydrogens (tertiary/aromatic N) is 4. The van der Waals surface area contributed by atoms with Gasteiger partial charge in [-0.15, -0.1) is 0 Å². The van der Waals surface area contributed by atoms with Crippen molar-refractivity contribution in [3.8, 4) is 11.5 Å². The molecule has 140 valence electrons. The summed E-state index contributed by atoms with van der Waals surface area (Å²) >= 11 is 6.07. The number of halogens is 1. The average Bonchev–Trinajstić information content (AvgIpc) is 3.20. The van der Waals surface area contributed by atoms with Crippen LogP contribution in [0.1, 0.15) is 5.56 Å². The van der Waals surface area contributed by atoms with Gasteiger partial charge in [0.1, 0.15) is 5.69 Å². The molecule has 2 aromatic heterocycles. The molecule has 1 aliphatic heterocycles. The molecular formula is C20H21ClN4O2. The van der Waals surface area contributed by atoms with E-state index in [0.717, 1.165) is 37.7 Å². The van der Waals surface area contributed by atoms with Crippen LogP contribution in [0.5, 0.6) is 0 Å². The maximum atomic E-state index is 12.2. The molecule has 0 unspecified atom stereocenters. The van der Waals surface area contributed by atoms with Gasteiger partial charge in [0.25, 0.3) is 5.56 Å². The van der Waals surface area contributed by atoms with Gasteiger partial charge < -0.3 is 4.42 Å². The largest absolute Gasteiger partial charge is 0.463 e. The molecule has 3 aromatic rings. The lowest BCUT2D eigenvalue weighted by atomic mass is 10.2. The molecule has 0 saturated carbocycles. The van der Waals surface area contributed by atoms with Crippen LogP contribution in [-0.2, 0) is 13.2 Å². The second kappa shape index (κ2) is 8.08. The van der Waals surface area contributed by atoms with Gasteiger partial charge in [-0.2, -0.15) is 5.10 Å². The van der Waals surface area contributed by atoms with Crippen molar-refractivity contribution in [2.75, 3.05) is 26.2 Å².